The van der Waals surface area contributed by atoms with Gasteiger partial charge in [-0.05, 0) is 49.4 Å². The predicted octanol–water partition coefficient (Wildman–Crippen LogP) is 3.38. The van der Waals surface area contributed by atoms with Crippen LogP contribution in [-0.2, 0) is 4.79 Å². The van der Waals surface area contributed by atoms with E-state index in [1.807, 2.05) is 6.92 Å². The van der Waals surface area contributed by atoms with Gasteiger partial charge in [-0.25, -0.2) is 4.98 Å². The van der Waals surface area contributed by atoms with Gasteiger partial charge in [-0.1, -0.05) is 6.07 Å². The number of carboxylic acid groups (broad SMARTS) is 1. The molecule has 3 aromatic rings. The lowest BCUT2D eigenvalue weighted by Gasteiger charge is -2.06. The summed E-state index contributed by atoms with van der Waals surface area (Å²) >= 11 is 1.47. The number of aromatic hydroxyl groups is 1. The Bertz CT molecular complexity index is 983. The van der Waals surface area contributed by atoms with Gasteiger partial charge >= 0.3 is 5.97 Å². The van der Waals surface area contributed by atoms with E-state index in [9.17, 15) is 14.7 Å². The van der Waals surface area contributed by atoms with Crippen molar-refractivity contribution in [2.75, 3.05) is 11.9 Å². The molecule has 7 nitrogen and oxygen atoms in total. The smallest absolute Gasteiger partial charge is 0.322 e. The molecule has 2 aromatic carbocycles. The van der Waals surface area contributed by atoms with Crippen molar-refractivity contribution < 1.29 is 19.8 Å². The molecule has 1 heterocycles. The fraction of sp³-hybridized carbons (Fsp3) is 0.105. The first-order valence-corrected chi connectivity index (χ1v) is 8.88. The Hall–Kier alpha value is -3.39. The molecule has 0 saturated heterocycles. The largest absolute Gasteiger partial charge is 0.508 e. The molecule has 0 spiro atoms. The molecule has 0 aliphatic carbocycles. The number of aliphatic carboxylic acids is 1. The quantitative estimate of drug-likeness (QED) is 0.519. The second-order valence-corrected chi connectivity index (χ2v) is 6.96. The SMILES string of the molecule is Cc1sc(Nc2cccc(C(=O)NCC(=O)O)c2)nc1-c1ccc(O)cc1. The number of hydrogen-bond acceptors (Lipinski definition) is 6. The third-order valence-electron chi connectivity index (χ3n) is 3.71. The second kappa shape index (κ2) is 7.88. The number of carboxylic acids is 1. The van der Waals surface area contributed by atoms with E-state index in [2.05, 4.69) is 15.6 Å². The van der Waals surface area contributed by atoms with Crippen molar-refractivity contribution in [3.8, 4) is 17.0 Å². The zero-order valence-electron chi connectivity index (χ0n) is 14.4. The molecule has 4 N–H and O–H groups in total. The van der Waals surface area contributed by atoms with Crippen LogP contribution in [-0.4, -0.2) is 33.6 Å². The normalized spacial score (nSPS) is 10.4. The molecule has 1 aromatic heterocycles. The van der Waals surface area contributed by atoms with Crippen LogP contribution in [0.4, 0.5) is 10.8 Å². The first kappa shape index (κ1) is 18.4. The summed E-state index contributed by atoms with van der Waals surface area (Å²) in [6.45, 7) is 1.53. The van der Waals surface area contributed by atoms with Crippen LogP contribution in [0.3, 0.4) is 0 Å². The first-order chi connectivity index (χ1) is 12.9. The molecule has 0 bridgehead atoms. The van der Waals surface area contributed by atoms with Gasteiger partial charge < -0.3 is 20.8 Å². The molecule has 3 rings (SSSR count). The van der Waals surface area contributed by atoms with Crippen molar-refractivity contribution in [2.45, 2.75) is 6.92 Å². The Morgan fingerprint density at radius 2 is 1.89 bits per heavy atom. The first-order valence-electron chi connectivity index (χ1n) is 8.06. The lowest BCUT2D eigenvalue weighted by molar-refractivity contribution is -0.135. The summed E-state index contributed by atoms with van der Waals surface area (Å²) in [5, 5.41) is 24.2. The minimum atomic E-state index is -1.10. The molecular weight excluding hydrogens is 366 g/mol. The number of thiazole rings is 1. The van der Waals surface area contributed by atoms with E-state index in [1.165, 1.54) is 11.3 Å². The molecule has 0 aliphatic heterocycles. The predicted molar refractivity (Wildman–Crippen MR) is 104 cm³/mol. The van der Waals surface area contributed by atoms with Gasteiger partial charge in [0.15, 0.2) is 5.13 Å². The number of nitrogens with zero attached hydrogens (tertiary/aromatic N) is 1. The topological polar surface area (TPSA) is 112 Å². The van der Waals surface area contributed by atoms with E-state index in [-0.39, 0.29) is 5.75 Å². The van der Waals surface area contributed by atoms with Crippen LogP contribution in [0.1, 0.15) is 15.2 Å². The number of carbonyl (C=O) groups excluding carboxylic acids is 1. The van der Waals surface area contributed by atoms with Crippen molar-refractivity contribution in [1.29, 1.82) is 0 Å². The Morgan fingerprint density at radius 3 is 2.59 bits per heavy atom. The van der Waals surface area contributed by atoms with Crippen molar-refractivity contribution in [3.63, 3.8) is 0 Å². The fourth-order valence-corrected chi connectivity index (χ4v) is 3.31. The van der Waals surface area contributed by atoms with Crippen LogP contribution in [0.5, 0.6) is 5.75 Å². The molecule has 0 radical (unpaired) electrons. The number of aryl methyl sites for hydroxylation is 1. The maximum absolute atomic E-state index is 12.0. The van der Waals surface area contributed by atoms with E-state index in [1.54, 1.807) is 48.5 Å². The van der Waals surface area contributed by atoms with E-state index >= 15 is 0 Å². The van der Waals surface area contributed by atoms with Crippen molar-refractivity contribution in [2.24, 2.45) is 0 Å². The molecule has 27 heavy (non-hydrogen) atoms. The van der Waals surface area contributed by atoms with Crippen LogP contribution in [0.2, 0.25) is 0 Å². The van der Waals surface area contributed by atoms with Gasteiger partial charge in [0.05, 0.1) is 5.69 Å². The minimum absolute atomic E-state index is 0.197. The second-order valence-electron chi connectivity index (χ2n) is 5.75. The highest BCUT2D eigenvalue weighted by Gasteiger charge is 2.12. The van der Waals surface area contributed by atoms with Crippen LogP contribution < -0.4 is 10.6 Å². The van der Waals surface area contributed by atoms with Crippen molar-refractivity contribution in [1.82, 2.24) is 10.3 Å². The molecule has 0 fully saturated rings. The highest BCUT2D eigenvalue weighted by molar-refractivity contribution is 7.16. The number of phenolic OH excluding ortho intramolecular Hbond substituents is 1. The van der Waals surface area contributed by atoms with Gasteiger partial charge in [-0.15, -0.1) is 11.3 Å². The van der Waals surface area contributed by atoms with Crippen molar-refractivity contribution in [3.05, 3.63) is 59.0 Å². The van der Waals surface area contributed by atoms with Crippen LogP contribution in [0.15, 0.2) is 48.5 Å². The third kappa shape index (κ3) is 4.62. The third-order valence-corrected chi connectivity index (χ3v) is 4.60. The summed E-state index contributed by atoms with van der Waals surface area (Å²) < 4.78 is 0. The highest BCUT2D eigenvalue weighted by Crippen LogP contribution is 2.32. The maximum Gasteiger partial charge on any atom is 0.322 e. The number of hydrogen-bond donors (Lipinski definition) is 4. The lowest BCUT2D eigenvalue weighted by Crippen LogP contribution is -2.29. The van der Waals surface area contributed by atoms with Gasteiger partial charge in [-0.3, -0.25) is 9.59 Å². The van der Waals surface area contributed by atoms with E-state index in [0.29, 0.717) is 16.4 Å². The summed E-state index contributed by atoms with van der Waals surface area (Å²) in [5.41, 5.74) is 2.74. The summed E-state index contributed by atoms with van der Waals surface area (Å²) in [5.74, 6) is -1.36. The molecule has 0 atom stereocenters. The van der Waals surface area contributed by atoms with Gasteiger partial charge in [-0.2, -0.15) is 0 Å². The van der Waals surface area contributed by atoms with Crippen LogP contribution in [0, 0.1) is 6.92 Å². The van der Waals surface area contributed by atoms with Crippen LogP contribution >= 0.6 is 11.3 Å². The summed E-state index contributed by atoms with van der Waals surface area (Å²) in [7, 11) is 0. The lowest BCUT2D eigenvalue weighted by atomic mass is 10.1. The standard InChI is InChI=1S/C19H17N3O4S/c1-11-17(12-5-7-15(23)8-6-12)22-19(27-11)21-14-4-2-3-13(9-14)18(26)20-10-16(24)25/h2-9,23H,10H2,1H3,(H,20,26)(H,21,22)(H,24,25). The average molecular weight is 383 g/mol. The number of phenols is 1. The van der Waals surface area contributed by atoms with E-state index in [4.69, 9.17) is 5.11 Å². The Morgan fingerprint density at radius 1 is 1.15 bits per heavy atom. The number of benzene rings is 2. The molecule has 8 heteroatoms. The summed E-state index contributed by atoms with van der Waals surface area (Å²) in [6, 6.07) is 13.6. The number of rotatable bonds is 6. The molecule has 138 valence electrons. The van der Waals surface area contributed by atoms with Crippen LogP contribution in [0.25, 0.3) is 11.3 Å². The molecule has 0 aliphatic rings. The number of anilines is 2. The zero-order valence-corrected chi connectivity index (χ0v) is 15.2. The average Bonchev–Trinajstić information content (AvgIpc) is 3.00. The zero-order chi connectivity index (χ0) is 19.4. The summed E-state index contributed by atoms with van der Waals surface area (Å²) in [6.07, 6.45) is 0. The number of nitrogens with one attached hydrogen (secondary N) is 2. The van der Waals surface area contributed by atoms with E-state index < -0.39 is 18.4 Å². The number of amides is 1. The number of carbonyl (C=O) groups is 2. The maximum atomic E-state index is 12.0. The molecule has 0 saturated carbocycles. The summed E-state index contributed by atoms with van der Waals surface area (Å²) in [4.78, 5) is 28.2. The number of aromatic nitrogens is 1. The molecular formula is C19H17N3O4S. The molecule has 0 unspecified atom stereocenters. The van der Waals surface area contributed by atoms with Gasteiger partial charge in [0.25, 0.3) is 5.91 Å². The van der Waals surface area contributed by atoms with Crippen molar-refractivity contribution >= 4 is 34.0 Å². The fourth-order valence-electron chi connectivity index (χ4n) is 2.46. The van der Waals surface area contributed by atoms with Gasteiger partial charge in [0.1, 0.15) is 12.3 Å². The minimum Gasteiger partial charge on any atom is -0.508 e. The Labute approximate surface area is 159 Å². The Kier molecular flexibility index (Phi) is 5.37. The van der Waals surface area contributed by atoms with Gasteiger partial charge in [0.2, 0.25) is 0 Å². The monoisotopic (exact) mass is 383 g/mol. The van der Waals surface area contributed by atoms with Gasteiger partial charge in [0, 0.05) is 21.7 Å². The highest BCUT2D eigenvalue weighted by atomic mass is 32.1. The Balaban J connectivity index is 1.77. The van der Waals surface area contributed by atoms with E-state index in [0.717, 1.165) is 16.1 Å². The molecule has 1 amide bonds.